The number of aromatic nitrogens is 1. The summed E-state index contributed by atoms with van der Waals surface area (Å²) in [7, 11) is 0. The SMILES string of the molecule is CCCNC(CCC1CCCCO1)C(C)c1ccccn1. The number of ether oxygens (including phenoxy) is 1. The average Bonchev–Trinajstić information content (AvgIpc) is 2.56. The zero-order valence-electron chi connectivity index (χ0n) is 13.6. The Morgan fingerprint density at radius 3 is 2.95 bits per heavy atom. The average molecular weight is 290 g/mol. The van der Waals surface area contributed by atoms with E-state index in [-0.39, 0.29) is 0 Å². The van der Waals surface area contributed by atoms with Crippen molar-refractivity contribution in [1.82, 2.24) is 10.3 Å². The van der Waals surface area contributed by atoms with Crippen LogP contribution in [0, 0.1) is 0 Å². The topological polar surface area (TPSA) is 34.1 Å². The Kier molecular flexibility index (Phi) is 7.17. The molecule has 1 aliphatic heterocycles. The van der Waals surface area contributed by atoms with Crippen LogP contribution in [0.25, 0.3) is 0 Å². The van der Waals surface area contributed by atoms with E-state index in [2.05, 4.69) is 36.3 Å². The van der Waals surface area contributed by atoms with E-state index >= 15 is 0 Å². The fourth-order valence-corrected chi connectivity index (χ4v) is 3.11. The van der Waals surface area contributed by atoms with Crippen molar-refractivity contribution in [1.29, 1.82) is 0 Å². The van der Waals surface area contributed by atoms with E-state index in [1.165, 1.54) is 44.2 Å². The van der Waals surface area contributed by atoms with Crippen molar-refractivity contribution in [2.75, 3.05) is 13.2 Å². The second-order valence-electron chi connectivity index (χ2n) is 6.17. The van der Waals surface area contributed by atoms with Gasteiger partial charge in [-0.25, -0.2) is 0 Å². The Hall–Kier alpha value is -0.930. The summed E-state index contributed by atoms with van der Waals surface area (Å²) in [6, 6.07) is 6.70. The number of nitrogens with one attached hydrogen (secondary N) is 1. The van der Waals surface area contributed by atoms with Crippen molar-refractivity contribution in [3.8, 4) is 0 Å². The minimum atomic E-state index is 0.446. The molecule has 0 amide bonds. The van der Waals surface area contributed by atoms with Crippen LogP contribution >= 0.6 is 0 Å². The lowest BCUT2D eigenvalue weighted by atomic mass is 9.91. The molecule has 0 aromatic carbocycles. The third-order valence-electron chi connectivity index (χ3n) is 4.49. The molecule has 21 heavy (non-hydrogen) atoms. The Balaban J connectivity index is 1.89. The van der Waals surface area contributed by atoms with Crippen LogP contribution in [-0.2, 0) is 4.74 Å². The summed E-state index contributed by atoms with van der Waals surface area (Å²) in [5, 5.41) is 3.71. The van der Waals surface area contributed by atoms with E-state index in [1.807, 2.05) is 12.3 Å². The van der Waals surface area contributed by atoms with E-state index in [9.17, 15) is 0 Å². The largest absolute Gasteiger partial charge is 0.378 e. The minimum Gasteiger partial charge on any atom is -0.378 e. The van der Waals surface area contributed by atoms with Gasteiger partial charge in [0.05, 0.1) is 6.10 Å². The smallest absolute Gasteiger partial charge is 0.0575 e. The van der Waals surface area contributed by atoms with Gasteiger partial charge in [0.2, 0.25) is 0 Å². The first-order valence-electron chi connectivity index (χ1n) is 8.57. The number of hydrogen-bond acceptors (Lipinski definition) is 3. The second-order valence-corrected chi connectivity index (χ2v) is 6.17. The van der Waals surface area contributed by atoms with Gasteiger partial charge >= 0.3 is 0 Å². The number of nitrogens with zero attached hydrogens (tertiary/aromatic N) is 1. The molecule has 1 aromatic heterocycles. The number of rotatable bonds is 8. The lowest BCUT2D eigenvalue weighted by Gasteiger charge is -2.28. The third kappa shape index (κ3) is 5.40. The maximum atomic E-state index is 5.87. The molecule has 0 bridgehead atoms. The van der Waals surface area contributed by atoms with Crippen molar-refractivity contribution in [2.45, 2.75) is 70.4 Å². The van der Waals surface area contributed by atoms with Gasteiger partial charge in [-0.1, -0.05) is 19.9 Å². The summed E-state index contributed by atoms with van der Waals surface area (Å²) < 4.78 is 5.87. The van der Waals surface area contributed by atoms with Gasteiger partial charge in [-0.15, -0.1) is 0 Å². The zero-order chi connectivity index (χ0) is 14.9. The van der Waals surface area contributed by atoms with Crippen molar-refractivity contribution in [2.24, 2.45) is 0 Å². The first-order valence-corrected chi connectivity index (χ1v) is 8.57. The molecule has 3 heteroatoms. The lowest BCUT2D eigenvalue weighted by Crippen LogP contribution is -2.36. The summed E-state index contributed by atoms with van der Waals surface area (Å²) in [4.78, 5) is 4.53. The van der Waals surface area contributed by atoms with Gasteiger partial charge in [0.15, 0.2) is 0 Å². The fourth-order valence-electron chi connectivity index (χ4n) is 3.11. The highest BCUT2D eigenvalue weighted by atomic mass is 16.5. The normalized spacial score (nSPS) is 21.9. The summed E-state index contributed by atoms with van der Waals surface area (Å²) >= 11 is 0. The standard InChI is InChI=1S/C18H30N2O/c1-3-12-19-18(11-10-16-8-5-7-14-21-16)15(2)17-9-4-6-13-20-17/h4,6,9,13,15-16,18-19H,3,5,7-8,10-12,14H2,1-2H3. The predicted octanol–water partition coefficient (Wildman–Crippen LogP) is 3.90. The van der Waals surface area contributed by atoms with Gasteiger partial charge in [-0.3, -0.25) is 4.98 Å². The molecule has 1 aliphatic rings. The second kappa shape index (κ2) is 9.16. The molecule has 118 valence electrons. The first kappa shape index (κ1) is 16.4. The Bertz CT molecular complexity index is 376. The highest BCUT2D eigenvalue weighted by Crippen LogP contribution is 2.24. The van der Waals surface area contributed by atoms with Crippen molar-refractivity contribution in [3.05, 3.63) is 30.1 Å². The number of pyridine rings is 1. The van der Waals surface area contributed by atoms with Crippen molar-refractivity contribution in [3.63, 3.8) is 0 Å². The summed E-state index contributed by atoms with van der Waals surface area (Å²) in [6.07, 6.45) is 9.67. The zero-order valence-corrected chi connectivity index (χ0v) is 13.6. The molecule has 3 nitrogen and oxygen atoms in total. The molecule has 3 unspecified atom stereocenters. The van der Waals surface area contributed by atoms with E-state index < -0.39 is 0 Å². The van der Waals surface area contributed by atoms with E-state index in [4.69, 9.17) is 4.74 Å². The molecule has 0 aliphatic carbocycles. The van der Waals surface area contributed by atoms with Crippen LogP contribution < -0.4 is 5.32 Å². The van der Waals surface area contributed by atoms with Crippen molar-refractivity contribution < 1.29 is 4.74 Å². The van der Waals surface area contributed by atoms with E-state index in [0.717, 1.165) is 13.2 Å². The summed E-state index contributed by atoms with van der Waals surface area (Å²) in [6.45, 7) is 6.54. The quantitative estimate of drug-likeness (QED) is 0.788. The molecule has 1 fully saturated rings. The van der Waals surface area contributed by atoms with Gasteiger partial charge in [0.1, 0.15) is 0 Å². The summed E-state index contributed by atoms with van der Waals surface area (Å²) in [5.41, 5.74) is 1.19. The molecule has 0 saturated carbocycles. The monoisotopic (exact) mass is 290 g/mol. The van der Waals surface area contributed by atoms with Gasteiger partial charge < -0.3 is 10.1 Å². The summed E-state index contributed by atoms with van der Waals surface area (Å²) in [5.74, 6) is 0.446. The Morgan fingerprint density at radius 1 is 1.38 bits per heavy atom. The van der Waals surface area contributed by atoms with Crippen LogP contribution in [0.2, 0.25) is 0 Å². The molecule has 2 rings (SSSR count). The highest BCUT2D eigenvalue weighted by Gasteiger charge is 2.22. The van der Waals surface area contributed by atoms with Crippen LogP contribution in [-0.4, -0.2) is 30.3 Å². The van der Waals surface area contributed by atoms with Crippen LogP contribution in [0.15, 0.2) is 24.4 Å². The molecule has 3 atom stereocenters. The molecule has 1 N–H and O–H groups in total. The van der Waals surface area contributed by atoms with Crippen LogP contribution in [0.1, 0.15) is 64.0 Å². The third-order valence-corrected chi connectivity index (χ3v) is 4.49. The number of hydrogen-bond donors (Lipinski definition) is 1. The lowest BCUT2D eigenvalue weighted by molar-refractivity contribution is 0.00819. The van der Waals surface area contributed by atoms with Gasteiger partial charge in [-0.2, -0.15) is 0 Å². The van der Waals surface area contributed by atoms with Gasteiger partial charge in [-0.05, 0) is 57.2 Å². The fraction of sp³-hybridized carbons (Fsp3) is 0.722. The van der Waals surface area contributed by atoms with Crippen LogP contribution in [0.3, 0.4) is 0 Å². The molecule has 1 saturated heterocycles. The van der Waals surface area contributed by atoms with Crippen LogP contribution in [0.4, 0.5) is 0 Å². The molecular formula is C18H30N2O. The molecule has 0 radical (unpaired) electrons. The first-order chi connectivity index (χ1) is 10.3. The Morgan fingerprint density at radius 2 is 2.29 bits per heavy atom. The van der Waals surface area contributed by atoms with Gasteiger partial charge in [0, 0.05) is 30.5 Å². The molecule has 1 aromatic rings. The minimum absolute atomic E-state index is 0.446. The van der Waals surface area contributed by atoms with Gasteiger partial charge in [0.25, 0.3) is 0 Å². The maximum absolute atomic E-state index is 5.87. The highest BCUT2D eigenvalue weighted by molar-refractivity contribution is 5.11. The van der Waals surface area contributed by atoms with Crippen LogP contribution in [0.5, 0.6) is 0 Å². The maximum Gasteiger partial charge on any atom is 0.0575 e. The van der Waals surface area contributed by atoms with E-state index in [0.29, 0.717) is 18.1 Å². The Labute approximate surface area is 129 Å². The molecular weight excluding hydrogens is 260 g/mol. The van der Waals surface area contributed by atoms with Crippen molar-refractivity contribution >= 4 is 0 Å². The predicted molar refractivity (Wildman–Crippen MR) is 87.6 cm³/mol. The molecule has 0 spiro atoms. The molecule has 2 heterocycles. The van der Waals surface area contributed by atoms with E-state index in [1.54, 1.807) is 0 Å².